The molecule has 0 saturated carbocycles. The first-order valence-electron chi connectivity index (χ1n) is 14.1. The molecule has 8 nitrogen and oxygen atoms in total. The Balaban J connectivity index is 1.29. The largest absolute Gasteiger partial charge is 0.490 e. The van der Waals surface area contributed by atoms with Crippen LogP contribution in [0.4, 0.5) is 11.4 Å². The molecule has 0 bridgehead atoms. The first-order chi connectivity index (χ1) is 18.6. The first kappa shape index (κ1) is 26.8. The lowest BCUT2D eigenvalue weighted by Gasteiger charge is -2.46. The summed E-state index contributed by atoms with van der Waals surface area (Å²) in [7, 11) is 0. The van der Waals surface area contributed by atoms with Crippen LogP contribution in [0, 0.1) is 0 Å². The summed E-state index contributed by atoms with van der Waals surface area (Å²) < 4.78 is 34.8. The number of hydrogen-bond donors (Lipinski definition) is 0. The Morgan fingerprint density at radius 2 is 1.08 bits per heavy atom. The van der Waals surface area contributed by atoms with Crippen molar-refractivity contribution in [1.29, 1.82) is 0 Å². The predicted molar refractivity (Wildman–Crippen MR) is 149 cm³/mol. The van der Waals surface area contributed by atoms with E-state index in [0.29, 0.717) is 38.5 Å². The van der Waals surface area contributed by atoms with Crippen LogP contribution in [0.15, 0.2) is 36.4 Å². The molecule has 3 aliphatic rings. The van der Waals surface area contributed by atoms with Crippen molar-refractivity contribution in [1.82, 2.24) is 0 Å². The van der Waals surface area contributed by atoms with E-state index in [9.17, 15) is 0 Å². The minimum absolute atomic E-state index is 0.211. The fourth-order valence-corrected chi connectivity index (χ4v) is 4.78. The number of hydrogen-bond acceptors (Lipinski definition) is 8. The van der Waals surface area contributed by atoms with Gasteiger partial charge in [0.05, 0.1) is 26.4 Å². The lowest BCUT2D eigenvalue weighted by atomic mass is 10.1. The van der Waals surface area contributed by atoms with Crippen LogP contribution in [-0.2, 0) is 9.47 Å². The molecule has 3 fully saturated rings. The molecule has 2 aromatic rings. The zero-order valence-corrected chi connectivity index (χ0v) is 23.2. The molecule has 4 unspecified atom stereocenters. The standard InChI is InChI=1S/C30H42N2O6/c1-5-11-33-29-13-23(7-9-27(29)37-19-25-17-35-25)31-15-22(4)32(16-21(31)3)24-8-10-28(38-20-26-18-36-26)30(14-24)34-12-6-2/h7-10,13-14,21-22,25-26H,5-6,11-12,15-20H2,1-4H3. The highest BCUT2D eigenvalue weighted by atomic mass is 16.6. The molecule has 0 spiro atoms. The van der Waals surface area contributed by atoms with Crippen LogP contribution in [0.5, 0.6) is 23.0 Å². The summed E-state index contributed by atoms with van der Waals surface area (Å²) in [5, 5.41) is 0. The van der Waals surface area contributed by atoms with Gasteiger partial charge in [0.15, 0.2) is 23.0 Å². The van der Waals surface area contributed by atoms with Gasteiger partial charge in [0.25, 0.3) is 0 Å². The summed E-state index contributed by atoms with van der Waals surface area (Å²) in [6, 6.07) is 13.2. The SMILES string of the molecule is CCCOc1cc(N2CC(C)N(c3ccc(OCC4CO4)c(OCCC)c3)CC2C)ccc1OCC1CO1. The van der Waals surface area contributed by atoms with Crippen LogP contribution in [0.1, 0.15) is 40.5 Å². The van der Waals surface area contributed by atoms with Gasteiger partial charge in [-0.2, -0.15) is 0 Å². The number of piperazine rings is 1. The molecule has 8 heteroatoms. The Bertz CT molecular complexity index is 974. The fraction of sp³-hybridized carbons (Fsp3) is 0.600. The summed E-state index contributed by atoms with van der Waals surface area (Å²) in [5.74, 6) is 3.17. The van der Waals surface area contributed by atoms with Crippen LogP contribution in [0.3, 0.4) is 0 Å². The Labute approximate surface area is 226 Å². The molecule has 3 heterocycles. The van der Waals surface area contributed by atoms with E-state index >= 15 is 0 Å². The number of anilines is 2. The summed E-state index contributed by atoms with van der Waals surface area (Å²) in [5.41, 5.74) is 2.31. The Morgan fingerprint density at radius 3 is 1.45 bits per heavy atom. The predicted octanol–water partition coefficient (Wildman–Crippen LogP) is 4.92. The van der Waals surface area contributed by atoms with Crippen molar-refractivity contribution in [2.75, 3.05) is 62.5 Å². The van der Waals surface area contributed by atoms with Gasteiger partial charge in [-0.25, -0.2) is 0 Å². The number of epoxide rings is 2. The number of rotatable bonds is 14. The van der Waals surface area contributed by atoms with Crippen molar-refractivity contribution in [2.45, 2.75) is 64.8 Å². The Hall–Kier alpha value is -2.84. The summed E-state index contributed by atoms with van der Waals surface area (Å²) in [6.07, 6.45) is 2.32. The highest BCUT2D eigenvalue weighted by molar-refractivity contribution is 5.61. The Morgan fingerprint density at radius 1 is 0.658 bits per heavy atom. The maximum atomic E-state index is 6.08. The van der Waals surface area contributed by atoms with Crippen molar-refractivity contribution >= 4 is 11.4 Å². The molecule has 5 rings (SSSR count). The van der Waals surface area contributed by atoms with Crippen LogP contribution in [0.25, 0.3) is 0 Å². The first-order valence-corrected chi connectivity index (χ1v) is 14.1. The third-order valence-electron chi connectivity index (χ3n) is 7.08. The van der Waals surface area contributed by atoms with Crippen molar-refractivity contribution in [3.05, 3.63) is 36.4 Å². The van der Waals surface area contributed by atoms with Crippen molar-refractivity contribution in [2.24, 2.45) is 0 Å². The second kappa shape index (κ2) is 12.3. The van der Waals surface area contributed by atoms with Gasteiger partial charge in [-0.1, -0.05) is 13.8 Å². The van der Waals surface area contributed by atoms with Gasteiger partial charge in [0.1, 0.15) is 25.4 Å². The van der Waals surface area contributed by atoms with E-state index in [2.05, 4.69) is 61.8 Å². The third kappa shape index (κ3) is 6.77. The Kier molecular flexibility index (Phi) is 8.69. The van der Waals surface area contributed by atoms with Crippen molar-refractivity contribution in [3.8, 4) is 23.0 Å². The quantitative estimate of drug-likeness (QED) is 0.321. The number of ether oxygens (including phenoxy) is 6. The summed E-state index contributed by atoms with van der Waals surface area (Å²) >= 11 is 0. The molecule has 38 heavy (non-hydrogen) atoms. The zero-order chi connectivity index (χ0) is 26.5. The smallest absolute Gasteiger partial charge is 0.163 e. The van der Waals surface area contributed by atoms with Crippen molar-refractivity contribution in [3.63, 3.8) is 0 Å². The van der Waals surface area contributed by atoms with Gasteiger partial charge >= 0.3 is 0 Å². The highest BCUT2D eigenvalue weighted by Crippen LogP contribution is 2.38. The minimum atomic E-state index is 0.211. The van der Waals surface area contributed by atoms with Crippen LogP contribution >= 0.6 is 0 Å². The maximum absolute atomic E-state index is 6.08. The molecule has 0 aromatic heterocycles. The van der Waals surface area contributed by atoms with Gasteiger partial charge in [-0.05, 0) is 51.0 Å². The van der Waals surface area contributed by atoms with E-state index in [1.807, 2.05) is 12.1 Å². The normalized spacial score (nSPS) is 24.2. The van der Waals surface area contributed by atoms with E-state index in [0.717, 1.165) is 73.5 Å². The van der Waals surface area contributed by atoms with Crippen LogP contribution in [0.2, 0.25) is 0 Å². The molecule has 0 amide bonds. The van der Waals surface area contributed by atoms with Crippen LogP contribution in [-0.4, -0.2) is 77.0 Å². The van der Waals surface area contributed by atoms with Gasteiger partial charge in [-0.15, -0.1) is 0 Å². The molecule has 3 saturated heterocycles. The zero-order valence-electron chi connectivity index (χ0n) is 23.2. The van der Waals surface area contributed by atoms with Gasteiger partial charge < -0.3 is 38.2 Å². The second-order valence-corrected chi connectivity index (χ2v) is 10.5. The molecule has 2 aromatic carbocycles. The topological polar surface area (TPSA) is 68.5 Å². The lowest BCUT2D eigenvalue weighted by Crippen LogP contribution is -2.56. The number of nitrogens with zero attached hydrogens (tertiary/aromatic N) is 2. The van der Waals surface area contributed by atoms with E-state index in [1.54, 1.807) is 0 Å². The summed E-state index contributed by atoms with van der Waals surface area (Å²) in [4.78, 5) is 4.94. The number of benzene rings is 2. The van der Waals surface area contributed by atoms with E-state index in [4.69, 9.17) is 28.4 Å². The average molecular weight is 527 g/mol. The molecular weight excluding hydrogens is 484 g/mol. The van der Waals surface area contributed by atoms with E-state index in [1.165, 1.54) is 0 Å². The van der Waals surface area contributed by atoms with Crippen molar-refractivity contribution < 1.29 is 28.4 Å². The monoisotopic (exact) mass is 526 g/mol. The van der Waals surface area contributed by atoms with Crippen LogP contribution < -0.4 is 28.7 Å². The molecule has 0 N–H and O–H groups in total. The van der Waals surface area contributed by atoms with E-state index < -0.39 is 0 Å². The molecular formula is C30H42N2O6. The highest BCUT2D eigenvalue weighted by Gasteiger charge is 2.31. The molecule has 0 aliphatic carbocycles. The average Bonchev–Trinajstić information content (AvgIpc) is 3.85. The second-order valence-electron chi connectivity index (χ2n) is 10.5. The van der Waals surface area contributed by atoms with Gasteiger partial charge in [0, 0.05) is 48.7 Å². The molecule has 3 aliphatic heterocycles. The third-order valence-corrected chi connectivity index (χ3v) is 7.08. The maximum Gasteiger partial charge on any atom is 0.163 e. The minimum Gasteiger partial charge on any atom is -0.490 e. The molecule has 0 radical (unpaired) electrons. The molecule has 4 atom stereocenters. The molecule has 208 valence electrons. The lowest BCUT2D eigenvalue weighted by molar-refractivity contribution is 0.241. The summed E-state index contributed by atoms with van der Waals surface area (Å²) in [6.45, 7) is 14.6. The fourth-order valence-electron chi connectivity index (χ4n) is 4.78. The van der Waals surface area contributed by atoms with Gasteiger partial charge in [-0.3, -0.25) is 0 Å². The van der Waals surface area contributed by atoms with E-state index in [-0.39, 0.29) is 12.2 Å². The van der Waals surface area contributed by atoms with Gasteiger partial charge in [0.2, 0.25) is 0 Å².